The molecule has 0 fully saturated rings. The average molecular weight is 249 g/mol. The molecule has 0 amide bonds. The Hall–Kier alpha value is -1.30. The van der Waals surface area contributed by atoms with Crippen molar-refractivity contribution in [2.24, 2.45) is 0 Å². The van der Waals surface area contributed by atoms with Crippen LogP contribution in [-0.4, -0.2) is 23.8 Å². The molecule has 0 bridgehead atoms. The van der Waals surface area contributed by atoms with Crippen LogP contribution in [-0.2, 0) is 4.74 Å². The summed E-state index contributed by atoms with van der Waals surface area (Å²) in [6.45, 7) is 5.76. The molecule has 0 aliphatic carbocycles. The van der Waals surface area contributed by atoms with Gasteiger partial charge in [-0.15, -0.1) is 0 Å². The highest BCUT2D eigenvalue weighted by atomic mass is 19.2. The van der Waals surface area contributed by atoms with Gasteiger partial charge < -0.3 is 9.47 Å². The van der Waals surface area contributed by atoms with Gasteiger partial charge in [0, 0.05) is 6.07 Å². The predicted octanol–water partition coefficient (Wildman–Crippen LogP) is 2.69. The van der Waals surface area contributed by atoms with Crippen molar-refractivity contribution >= 4 is 0 Å². The monoisotopic (exact) mass is 249 g/mol. The molecule has 0 N–H and O–H groups in total. The quantitative estimate of drug-likeness (QED) is 0.607. The third-order valence-electron chi connectivity index (χ3n) is 1.71. The van der Waals surface area contributed by atoms with Crippen molar-refractivity contribution in [3.05, 3.63) is 23.6 Å². The Labute approximate surface area is 97.6 Å². The predicted molar refractivity (Wildman–Crippen MR) is 55.3 cm³/mol. The van der Waals surface area contributed by atoms with Gasteiger partial charge >= 0.3 is 0 Å². The molecule has 0 unspecified atom stereocenters. The highest BCUT2D eigenvalue weighted by Crippen LogP contribution is 2.16. The fraction of sp³-hybridized carbons (Fsp3) is 0.545. The van der Waals surface area contributed by atoms with Crippen molar-refractivity contribution in [3.63, 3.8) is 0 Å². The number of hydrogen-bond acceptors (Lipinski definition) is 3. The Balaban J connectivity index is 2.50. The Kier molecular flexibility index (Phi) is 4.34. The van der Waals surface area contributed by atoms with E-state index in [-0.39, 0.29) is 18.8 Å². The molecule has 1 heterocycles. The van der Waals surface area contributed by atoms with E-state index >= 15 is 0 Å². The molecule has 0 atom stereocenters. The summed E-state index contributed by atoms with van der Waals surface area (Å²) in [4.78, 5) is 3.01. The van der Waals surface area contributed by atoms with Gasteiger partial charge in [-0.1, -0.05) is 0 Å². The van der Waals surface area contributed by atoms with Crippen LogP contribution in [0.3, 0.4) is 0 Å². The standard InChI is InChI=1S/C11H14F3NO2/c1-11(2,3)17-5-4-16-10-8(13)6-7(12)9(14)15-10/h6H,4-5H2,1-3H3. The third-order valence-corrected chi connectivity index (χ3v) is 1.71. The molecule has 17 heavy (non-hydrogen) atoms. The largest absolute Gasteiger partial charge is 0.473 e. The number of pyridine rings is 1. The normalized spacial score (nSPS) is 11.6. The summed E-state index contributed by atoms with van der Waals surface area (Å²) in [5.74, 6) is -4.35. The summed E-state index contributed by atoms with van der Waals surface area (Å²) in [6.07, 6.45) is 0. The molecule has 1 aromatic rings. The molecule has 0 aliphatic heterocycles. The first kappa shape index (κ1) is 13.8. The van der Waals surface area contributed by atoms with Crippen LogP contribution in [0.5, 0.6) is 5.88 Å². The Morgan fingerprint density at radius 3 is 2.35 bits per heavy atom. The smallest absolute Gasteiger partial charge is 0.253 e. The van der Waals surface area contributed by atoms with Crippen LogP contribution in [0.1, 0.15) is 20.8 Å². The first-order valence-electron chi connectivity index (χ1n) is 5.08. The molecule has 1 rings (SSSR count). The second-order valence-corrected chi connectivity index (χ2v) is 4.36. The summed E-state index contributed by atoms with van der Waals surface area (Å²) < 4.78 is 48.4. The van der Waals surface area contributed by atoms with E-state index < -0.39 is 23.5 Å². The Bertz CT molecular complexity index is 391. The van der Waals surface area contributed by atoms with Gasteiger partial charge in [-0.05, 0) is 20.8 Å². The lowest BCUT2D eigenvalue weighted by Crippen LogP contribution is -2.22. The zero-order chi connectivity index (χ0) is 13.1. The van der Waals surface area contributed by atoms with Gasteiger partial charge in [0.25, 0.3) is 11.8 Å². The first-order chi connectivity index (χ1) is 7.79. The Morgan fingerprint density at radius 1 is 1.12 bits per heavy atom. The van der Waals surface area contributed by atoms with Crippen molar-refractivity contribution in [2.75, 3.05) is 13.2 Å². The van der Waals surface area contributed by atoms with E-state index in [2.05, 4.69) is 4.98 Å². The van der Waals surface area contributed by atoms with Crippen LogP contribution < -0.4 is 4.74 Å². The molecule has 3 nitrogen and oxygen atoms in total. The molecule has 0 saturated carbocycles. The number of halogens is 3. The maximum Gasteiger partial charge on any atom is 0.253 e. The highest BCUT2D eigenvalue weighted by molar-refractivity contribution is 5.15. The van der Waals surface area contributed by atoms with E-state index in [1.54, 1.807) is 0 Å². The van der Waals surface area contributed by atoms with Crippen LogP contribution >= 0.6 is 0 Å². The van der Waals surface area contributed by atoms with Gasteiger partial charge in [-0.3, -0.25) is 0 Å². The van der Waals surface area contributed by atoms with Crippen LogP contribution in [0.4, 0.5) is 13.2 Å². The summed E-state index contributed by atoms with van der Waals surface area (Å²) in [7, 11) is 0. The molecule has 0 saturated heterocycles. The molecule has 0 aliphatic rings. The zero-order valence-corrected chi connectivity index (χ0v) is 9.89. The lowest BCUT2D eigenvalue weighted by atomic mass is 10.2. The lowest BCUT2D eigenvalue weighted by molar-refractivity contribution is -0.0173. The lowest BCUT2D eigenvalue weighted by Gasteiger charge is -2.19. The number of hydrogen-bond donors (Lipinski definition) is 0. The maximum atomic E-state index is 13.1. The second kappa shape index (κ2) is 5.35. The minimum Gasteiger partial charge on any atom is -0.473 e. The second-order valence-electron chi connectivity index (χ2n) is 4.36. The number of ether oxygens (including phenoxy) is 2. The molecule has 0 aromatic carbocycles. The maximum absolute atomic E-state index is 13.1. The van der Waals surface area contributed by atoms with Crippen molar-refractivity contribution < 1.29 is 22.6 Å². The molecule has 0 spiro atoms. The van der Waals surface area contributed by atoms with Gasteiger partial charge in [0.2, 0.25) is 0 Å². The van der Waals surface area contributed by atoms with Crippen molar-refractivity contribution in [1.29, 1.82) is 0 Å². The van der Waals surface area contributed by atoms with Gasteiger partial charge in [0.15, 0.2) is 11.6 Å². The van der Waals surface area contributed by atoms with E-state index in [9.17, 15) is 13.2 Å². The van der Waals surface area contributed by atoms with Crippen LogP contribution in [0, 0.1) is 17.6 Å². The first-order valence-corrected chi connectivity index (χ1v) is 5.08. The summed E-state index contributed by atoms with van der Waals surface area (Å²) >= 11 is 0. The number of aromatic nitrogens is 1. The molecule has 96 valence electrons. The highest BCUT2D eigenvalue weighted by Gasteiger charge is 2.13. The average Bonchev–Trinajstić information content (AvgIpc) is 2.18. The van der Waals surface area contributed by atoms with E-state index in [4.69, 9.17) is 9.47 Å². The summed E-state index contributed by atoms with van der Waals surface area (Å²) in [5, 5.41) is 0. The van der Waals surface area contributed by atoms with Gasteiger partial charge in [-0.25, -0.2) is 8.78 Å². The SMILES string of the molecule is CC(C)(C)OCCOc1nc(F)c(F)cc1F. The fourth-order valence-corrected chi connectivity index (χ4v) is 1.02. The third kappa shape index (κ3) is 4.60. The topological polar surface area (TPSA) is 31.4 Å². The molecule has 6 heteroatoms. The zero-order valence-electron chi connectivity index (χ0n) is 9.89. The molecule has 0 radical (unpaired) electrons. The van der Waals surface area contributed by atoms with Gasteiger partial charge in [0.05, 0.1) is 12.2 Å². The van der Waals surface area contributed by atoms with Crippen LogP contribution in [0.2, 0.25) is 0 Å². The van der Waals surface area contributed by atoms with E-state index in [1.165, 1.54) is 0 Å². The molecular formula is C11H14F3NO2. The fourth-order valence-electron chi connectivity index (χ4n) is 1.02. The summed E-state index contributed by atoms with van der Waals surface area (Å²) in [5.41, 5.74) is -0.344. The Morgan fingerprint density at radius 2 is 1.76 bits per heavy atom. The van der Waals surface area contributed by atoms with Crippen LogP contribution in [0.15, 0.2) is 6.07 Å². The van der Waals surface area contributed by atoms with Crippen molar-refractivity contribution in [3.8, 4) is 5.88 Å². The van der Waals surface area contributed by atoms with Crippen LogP contribution in [0.25, 0.3) is 0 Å². The van der Waals surface area contributed by atoms with Gasteiger partial charge in [-0.2, -0.15) is 9.37 Å². The number of nitrogens with zero attached hydrogens (tertiary/aromatic N) is 1. The van der Waals surface area contributed by atoms with Crippen molar-refractivity contribution in [1.82, 2.24) is 4.98 Å². The number of rotatable bonds is 4. The molecule has 1 aromatic heterocycles. The van der Waals surface area contributed by atoms with Crippen molar-refractivity contribution in [2.45, 2.75) is 26.4 Å². The minimum absolute atomic E-state index is 0.00621. The molecular weight excluding hydrogens is 235 g/mol. The minimum atomic E-state index is -1.39. The van der Waals surface area contributed by atoms with E-state index in [0.29, 0.717) is 6.07 Å². The van der Waals surface area contributed by atoms with E-state index in [0.717, 1.165) is 0 Å². The van der Waals surface area contributed by atoms with Gasteiger partial charge in [0.1, 0.15) is 6.61 Å². The summed E-state index contributed by atoms with van der Waals surface area (Å²) in [6, 6.07) is 0.391. The van der Waals surface area contributed by atoms with E-state index in [1.807, 2.05) is 20.8 Å².